The molecule has 10 nitrogen and oxygen atoms in total. The van der Waals surface area contributed by atoms with Crippen molar-refractivity contribution in [1.82, 2.24) is 24.8 Å². The quantitative estimate of drug-likeness (QED) is 0.471. The van der Waals surface area contributed by atoms with Gasteiger partial charge in [-0.25, -0.2) is 15.0 Å². The first-order valence-electron chi connectivity index (χ1n) is 9.54. The fourth-order valence-electron chi connectivity index (χ4n) is 3.18. The van der Waals surface area contributed by atoms with Crippen LogP contribution in [0, 0.1) is 11.3 Å². The van der Waals surface area contributed by atoms with Gasteiger partial charge in [-0.2, -0.15) is 5.26 Å². The van der Waals surface area contributed by atoms with Crippen molar-refractivity contribution in [3.8, 4) is 6.07 Å². The van der Waals surface area contributed by atoms with Gasteiger partial charge < -0.3 is 16.4 Å². The van der Waals surface area contributed by atoms with Crippen molar-refractivity contribution in [3.63, 3.8) is 0 Å². The van der Waals surface area contributed by atoms with E-state index in [0.717, 1.165) is 0 Å². The monoisotopic (exact) mass is 440 g/mol. The number of fused-ring (bicyclic) bond motifs is 1. The Morgan fingerprint density at radius 2 is 2.16 bits per heavy atom. The van der Waals surface area contributed by atoms with E-state index in [9.17, 15) is 14.9 Å². The summed E-state index contributed by atoms with van der Waals surface area (Å²) >= 11 is 6.26. The number of rotatable bonds is 7. The highest BCUT2D eigenvalue weighted by atomic mass is 35.5. The van der Waals surface area contributed by atoms with Crippen molar-refractivity contribution in [2.45, 2.75) is 32.9 Å². The van der Waals surface area contributed by atoms with Crippen LogP contribution in [0.2, 0.25) is 5.02 Å². The van der Waals surface area contributed by atoms with Crippen molar-refractivity contribution in [2.75, 3.05) is 17.6 Å². The molecule has 31 heavy (non-hydrogen) atoms. The summed E-state index contributed by atoms with van der Waals surface area (Å²) in [6.07, 6.45) is 1.76. The first-order valence-corrected chi connectivity index (χ1v) is 9.91. The average Bonchev–Trinajstić information content (AvgIpc) is 2.72. The Labute approximate surface area is 183 Å². The summed E-state index contributed by atoms with van der Waals surface area (Å²) in [5, 5.41) is 15.8. The van der Waals surface area contributed by atoms with Crippen molar-refractivity contribution in [3.05, 3.63) is 51.3 Å². The molecule has 0 bridgehead atoms. The Bertz CT molecular complexity index is 1230. The van der Waals surface area contributed by atoms with Crippen molar-refractivity contribution >= 4 is 40.0 Å². The molecule has 3 rings (SSSR count). The molecule has 0 saturated carbocycles. The zero-order valence-electron chi connectivity index (χ0n) is 17.0. The lowest BCUT2D eigenvalue weighted by molar-refractivity contribution is -0.118. The molecule has 2 heterocycles. The van der Waals surface area contributed by atoms with E-state index in [1.165, 1.54) is 17.8 Å². The van der Waals surface area contributed by atoms with Crippen LogP contribution in [0.3, 0.4) is 0 Å². The van der Waals surface area contributed by atoms with Crippen LogP contribution >= 0.6 is 11.6 Å². The van der Waals surface area contributed by atoms with Gasteiger partial charge in [0.2, 0.25) is 5.91 Å². The summed E-state index contributed by atoms with van der Waals surface area (Å²) in [4.78, 5) is 37.0. The second-order valence-electron chi connectivity index (χ2n) is 6.86. The zero-order chi connectivity index (χ0) is 22.5. The number of carbonyl (C=O) groups excluding carboxylic acids is 1. The van der Waals surface area contributed by atoms with Crippen molar-refractivity contribution in [1.29, 1.82) is 5.26 Å². The summed E-state index contributed by atoms with van der Waals surface area (Å²) in [6.45, 7) is 3.94. The number of nitrogens with two attached hydrogens (primary N) is 1. The molecule has 0 aliphatic heterocycles. The minimum absolute atomic E-state index is 0.0538. The molecule has 0 radical (unpaired) electrons. The van der Waals surface area contributed by atoms with Gasteiger partial charge in [0.25, 0.3) is 5.56 Å². The van der Waals surface area contributed by atoms with Crippen LogP contribution in [-0.4, -0.2) is 32.0 Å². The molecule has 11 heteroatoms. The third-order valence-corrected chi connectivity index (χ3v) is 4.94. The molecule has 0 aliphatic carbocycles. The molecule has 2 aromatic heterocycles. The lowest BCUT2D eigenvalue weighted by atomic mass is 10.2. The van der Waals surface area contributed by atoms with E-state index in [1.807, 2.05) is 6.07 Å². The number of carbonyl (C=O) groups is 1. The SMILES string of the molecule is CC(=O)NCCCn1c(C(C)Nc2ncnc(N)c2C#N)nc2cccc(Cl)c2c1=O. The summed E-state index contributed by atoms with van der Waals surface area (Å²) in [6, 6.07) is 6.55. The van der Waals surface area contributed by atoms with E-state index in [-0.39, 0.29) is 28.7 Å². The lowest BCUT2D eigenvalue weighted by Crippen LogP contribution is -2.30. The molecule has 1 unspecified atom stereocenters. The van der Waals surface area contributed by atoms with Gasteiger partial charge in [-0.3, -0.25) is 14.2 Å². The molecular formula is C20H21ClN8O2. The normalized spacial score (nSPS) is 11.7. The maximum absolute atomic E-state index is 13.3. The molecule has 160 valence electrons. The van der Waals surface area contributed by atoms with E-state index in [4.69, 9.17) is 17.3 Å². The van der Waals surface area contributed by atoms with Gasteiger partial charge in [-0.15, -0.1) is 0 Å². The Balaban J connectivity index is 2.04. The number of benzene rings is 1. The Hall–Kier alpha value is -3.71. The second-order valence-corrected chi connectivity index (χ2v) is 7.26. The van der Waals surface area contributed by atoms with E-state index < -0.39 is 6.04 Å². The molecule has 0 saturated heterocycles. The maximum atomic E-state index is 13.3. The zero-order valence-corrected chi connectivity index (χ0v) is 17.8. The highest BCUT2D eigenvalue weighted by Crippen LogP contribution is 2.24. The Morgan fingerprint density at radius 3 is 2.87 bits per heavy atom. The van der Waals surface area contributed by atoms with Crippen LogP contribution in [0.4, 0.5) is 11.6 Å². The van der Waals surface area contributed by atoms with Gasteiger partial charge in [0.15, 0.2) is 0 Å². The number of halogens is 1. The van der Waals surface area contributed by atoms with E-state index in [1.54, 1.807) is 25.1 Å². The van der Waals surface area contributed by atoms with Crippen LogP contribution in [0.1, 0.15) is 37.7 Å². The number of anilines is 2. The van der Waals surface area contributed by atoms with E-state index in [0.29, 0.717) is 41.3 Å². The number of amides is 1. The number of aromatic nitrogens is 4. The predicted molar refractivity (Wildman–Crippen MR) is 118 cm³/mol. The number of hydrogen-bond donors (Lipinski definition) is 3. The lowest BCUT2D eigenvalue weighted by Gasteiger charge is -2.20. The summed E-state index contributed by atoms with van der Waals surface area (Å²) in [7, 11) is 0. The van der Waals surface area contributed by atoms with Gasteiger partial charge in [0.05, 0.1) is 22.0 Å². The number of nitriles is 1. The largest absolute Gasteiger partial charge is 0.382 e. The van der Waals surface area contributed by atoms with Gasteiger partial charge in [-0.1, -0.05) is 17.7 Å². The summed E-state index contributed by atoms with van der Waals surface area (Å²) in [5.74, 6) is 0.585. The standard InChI is InChI=1S/C20H21ClN8O2/c1-11(27-18-13(9-22)17(23)25-10-26-18)19-28-15-6-3-5-14(21)16(15)20(31)29(19)8-4-7-24-12(2)30/h3,5-6,10-11H,4,7-8H2,1-2H3,(H,24,30)(H3,23,25,26,27). The fraction of sp³-hybridized carbons (Fsp3) is 0.300. The minimum atomic E-state index is -0.502. The Morgan fingerprint density at radius 1 is 1.39 bits per heavy atom. The van der Waals surface area contributed by atoms with Gasteiger partial charge in [0.1, 0.15) is 35.4 Å². The highest BCUT2D eigenvalue weighted by Gasteiger charge is 2.20. The topological polar surface area (TPSA) is 152 Å². The smallest absolute Gasteiger partial charge is 0.262 e. The van der Waals surface area contributed by atoms with Gasteiger partial charge >= 0.3 is 0 Å². The van der Waals surface area contributed by atoms with E-state index >= 15 is 0 Å². The fourth-order valence-corrected chi connectivity index (χ4v) is 3.43. The highest BCUT2D eigenvalue weighted by molar-refractivity contribution is 6.35. The predicted octanol–water partition coefficient (Wildman–Crippen LogP) is 1.99. The van der Waals surface area contributed by atoms with Crippen LogP contribution in [-0.2, 0) is 11.3 Å². The summed E-state index contributed by atoms with van der Waals surface area (Å²) in [5.41, 5.74) is 6.05. The molecule has 1 amide bonds. The summed E-state index contributed by atoms with van der Waals surface area (Å²) < 4.78 is 1.52. The first-order chi connectivity index (χ1) is 14.8. The molecule has 3 aromatic rings. The molecular weight excluding hydrogens is 420 g/mol. The minimum Gasteiger partial charge on any atom is -0.382 e. The van der Waals surface area contributed by atoms with Crippen molar-refractivity contribution in [2.24, 2.45) is 0 Å². The molecule has 0 spiro atoms. The van der Waals surface area contributed by atoms with Crippen molar-refractivity contribution < 1.29 is 4.79 Å². The van der Waals surface area contributed by atoms with Crippen LogP contribution in [0.5, 0.6) is 0 Å². The van der Waals surface area contributed by atoms with Crippen LogP contribution in [0.15, 0.2) is 29.3 Å². The average molecular weight is 441 g/mol. The third kappa shape index (κ3) is 4.73. The van der Waals surface area contributed by atoms with E-state index in [2.05, 4.69) is 25.6 Å². The van der Waals surface area contributed by atoms with Gasteiger partial charge in [-0.05, 0) is 25.5 Å². The number of nitrogens with one attached hydrogen (secondary N) is 2. The van der Waals surface area contributed by atoms with Crippen LogP contribution < -0.4 is 21.9 Å². The van der Waals surface area contributed by atoms with Gasteiger partial charge in [0, 0.05) is 20.0 Å². The number of nitrogens with zero attached hydrogens (tertiary/aromatic N) is 5. The first kappa shape index (κ1) is 22.0. The molecule has 1 aromatic carbocycles. The molecule has 4 N–H and O–H groups in total. The third-order valence-electron chi connectivity index (χ3n) is 4.62. The number of hydrogen-bond acceptors (Lipinski definition) is 8. The number of nitrogen functional groups attached to an aromatic ring is 1. The Kier molecular flexibility index (Phi) is 6.67. The molecule has 0 aliphatic rings. The molecule has 0 fully saturated rings. The molecule has 1 atom stereocenters. The second kappa shape index (κ2) is 9.40. The van der Waals surface area contributed by atoms with Crippen LogP contribution in [0.25, 0.3) is 10.9 Å². The maximum Gasteiger partial charge on any atom is 0.262 e.